The van der Waals surface area contributed by atoms with Gasteiger partial charge in [0, 0.05) is 20.6 Å². The maximum absolute atomic E-state index is 9.00. The molecule has 0 radical (unpaired) electrons. The molecule has 0 saturated carbocycles. The minimum atomic E-state index is -0.833. The number of carboxylic acids is 1. The first-order chi connectivity index (χ1) is 6.42. The van der Waals surface area contributed by atoms with E-state index in [1.165, 1.54) is 6.92 Å². The third-order valence-electron chi connectivity index (χ3n) is 0.672. The van der Waals surface area contributed by atoms with Crippen LogP contribution in [0.5, 0.6) is 0 Å². The van der Waals surface area contributed by atoms with Crippen molar-refractivity contribution in [2.24, 2.45) is 0 Å². The summed E-state index contributed by atoms with van der Waals surface area (Å²) in [4.78, 5) is 9.00. The molecule has 0 saturated heterocycles. The fourth-order valence-electron chi connectivity index (χ4n) is 0.204. The van der Waals surface area contributed by atoms with Crippen molar-refractivity contribution in [3.63, 3.8) is 0 Å². The van der Waals surface area contributed by atoms with Crippen molar-refractivity contribution in [1.29, 1.82) is 0 Å². The maximum atomic E-state index is 9.00. The van der Waals surface area contributed by atoms with Gasteiger partial charge in [-0.05, 0) is 13.3 Å². The smallest absolute Gasteiger partial charge is 0.300 e. The van der Waals surface area contributed by atoms with Gasteiger partial charge in [-0.3, -0.25) is 4.79 Å². The Hall–Kier alpha value is -0.650. The van der Waals surface area contributed by atoms with Crippen LogP contribution in [0.4, 0.5) is 0 Å². The largest absolute Gasteiger partial charge is 0.481 e. The Kier molecular flexibility index (Phi) is 24.7. The predicted octanol–water partition coefficient (Wildman–Crippen LogP) is 0.493. The summed E-state index contributed by atoms with van der Waals surface area (Å²) in [5.41, 5.74) is 0. The minimum absolute atomic E-state index is 0.139. The van der Waals surface area contributed by atoms with Gasteiger partial charge in [-0.1, -0.05) is 6.92 Å². The van der Waals surface area contributed by atoms with Crippen molar-refractivity contribution in [3.8, 4) is 0 Å². The standard InChI is InChI=1S/C4H10O.C3H8O2.C2H4O2/c1-3-4-5-2;1-3(5)2-4;1-2(3)4/h3-4H2,1-2H3;3-5H,2H2,1H3;1H3,(H,3,4). The zero-order valence-corrected chi connectivity index (χ0v) is 9.36. The molecule has 0 fully saturated rings. The molecule has 0 rings (SSSR count). The molecule has 0 amide bonds. The van der Waals surface area contributed by atoms with Gasteiger partial charge in [-0.15, -0.1) is 0 Å². The molecule has 3 N–H and O–H groups in total. The second-order valence-electron chi connectivity index (χ2n) is 2.54. The predicted molar refractivity (Wildman–Crippen MR) is 54.2 cm³/mol. The van der Waals surface area contributed by atoms with Crippen LogP contribution in [0.2, 0.25) is 0 Å². The first kappa shape index (κ1) is 19.0. The number of ether oxygens (including phenoxy) is 1. The van der Waals surface area contributed by atoms with E-state index in [1.54, 1.807) is 7.11 Å². The third kappa shape index (κ3) is 108. The van der Waals surface area contributed by atoms with Gasteiger partial charge in [-0.25, -0.2) is 0 Å². The van der Waals surface area contributed by atoms with E-state index in [9.17, 15) is 0 Å². The van der Waals surface area contributed by atoms with Crippen molar-refractivity contribution >= 4 is 5.97 Å². The minimum Gasteiger partial charge on any atom is -0.481 e. The zero-order chi connectivity index (χ0) is 12.0. The number of methoxy groups -OCH3 is 1. The van der Waals surface area contributed by atoms with Crippen molar-refractivity contribution in [2.75, 3.05) is 20.3 Å². The van der Waals surface area contributed by atoms with Crippen LogP contribution in [0, 0.1) is 0 Å². The molecule has 0 aliphatic rings. The molecule has 1 unspecified atom stereocenters. The number of hydrogen-bond donors (Lipinski definition) is 3. The molecule has 0 aromatic rings. The highest BCUT2D eigenvalue weighted by molar-refractivity contribution is 5.62. The Morgan fingerprint density at radius 1 is 1.50 bits per heavy atom. The normalized spacial score (nSPS) is 10.1. The van der Waals surface area contributed by atoms with Gasteiger partial charge in [0.15, 0.2) is 0 Å². The summed E-state index contributed by atoms with van der Waals surface area (Å²) in [7, 11) is 1.71. The summed E-state index contributed by atoms with van der Waals surface area (Å²) in [5, 5.41) is 23.4. The van der Waals surface area contributed by atoms with Gasteiger partial charge in [0.05, 0.1) is 12.7 Å². The molecule has 0 aromatic heterocycles. The summed E-state index contributed by atoms with van der Waals surface area (Å²) in [6.07, 6.45) is 0.561. The van der Waals surface area contributed by atoms with Crippen molar-refractivity contribution in [1.82, 2.24) is 0 Å². The molecule has 5 heteroatoms. The van der Waals surface area contributed by atoms with Crippen LogP contribution in [0.3, 0.4) is 0 Å². The lowest BCUT2D eigenvalue weighted by Gasteiger charge is -1.90. The van der Waals surface area contributed by atoms with Crippen molar-refractivity contribution in [3.05, 3.63) is 0 Å². The van der Waals surface area contributed by atoms with Crippen LogP contribution in [-0.4, -0.2) is 47.7 Å². The summed E-state index contributed by atoms with van der Waals surface area (Å²) < 4.78 is 4.69. The number of aliphatic hydroxyl groups is 2. The number of aliphatic carboxylic acids is 1. The average molecular weight is 210 g/mol. The van der Waals surface area contributed by atoms with Crippen LogP contribution < -0.4 is 0 Å². The summed E-state index contributed by atoms with van der Waals surface area (Å²) in [6, 6.07) is 0. The second-order valence-corrected chi connectivity index (χ2v) is 2.54. The Morgan fingerprint density at radius 2 is 1.79 bits per heavy atom. The average Bonchev–Trinajstić information content (AvgIpc) is 2.06. The molecule has 88 valence electrons. The fourth-order valence-corrected chi connectivity index (χ4v) is 0.204. The van der Waals surface area contributed by atoms with E-state index in [-0.39, 0.29) is 6.61 Å². The molecule has 1 atom stereocenters. The van der Waals surface area contributed by atoms with Crippen molar-refractivity contribution < 1.29 is 24.9 Å². The quantitative estimate of drug-likeness (QED) is 0.631. The number of carboxylic acid groups (broad SMARTS) is 1. The third-order valence-corrected chi connectivity index (χ3v) is 0.672. The van der Waals surface area contributed by atoms with Crippen LogP contribution in [0.1, 0.15) is 27.2 Å². The maximum Gasteiger partial charge on any atom is 0.300 e. The number of hydrogen-bond acceptors (Lipinski definition) is 4. The SMILES string of the molecule is CC(=O)O.CC(O)CO.CCCOC. The molecule has 5 nitrogen and oxygen atoms in total. The molecule has 0 spiro atoms. The van der Waals surface area contributed by atoms with E-state index >= 15 is 0 Å². The Bertz CT molecular complexity index is 97.4. The molecular weight excluding hydrogens is 188 g/mol. The van der Waals surface area contributed by atoms with Gasteiger partial charge < -0.3 is 20.1 Å². The van der Waals surface area contributed by atoms with Crippen LogP contribution in [0.15, 0.2) is 0 Å². The molecule has 14 heavy (non-hydrogen) atoms. The summed E-state index contributed by atoms with van der Waals surface area (Å²) >= 11 is 0. The molecule has 0 aliphatic heterocycles. The van der Waals surface area contributed by atoms with E-state index in [0.717, 1.165) is 20.0 Å². The lowest BCUT2D eigenvalue weighted by atomic mass is 10.5. The van der Waals surface area contributed by atoms with Gasteiger partial charge in [-0.2, -0.15) is 0 Å². The first-order valence-corrected chi connectivity index (χ1v) is 4.39. The Labute approximate surface area is 85.3 Å². The fraction of sp³-hybridized carbons (Fsp3) is 0.889. The van der Waals surface area contributed by atoms with E-state index in [4.69, 9.17) is 24.9 Å². The van der Waals surface area contributed by atoms with Gasteiger partial charge in [0.25, 0.3) is 5.97 Å². The van der Waals surface area contributed by atoms with Gasteiger partial charge in [0.1, 0.15) is 0 Å². The monoisotopic (exact) mass is 210 g/mol. The van der Waals surface area contributed by atoms with E-state index in [0.29, 0.717) is 0 Å². The summed E-state index contributed by atoms with van der Waals surface area (Å²) in [6.45, 7) is 5.45. The molecule has 0 aromatic carbocycles. The topological polar surface area (TPSA) is 87.0 Å². The van der Waals surface area contributed by atoms with Crippen molar-refractivity contribution in [2.45, 2.75) is 33.3 Å². The molecule has 0 aliphatic carbocycles. The lowest BCUT2D eigenvalue weighted by Crippen LogP contribution is -2.03. The van der Waals surface area contributed by atoms with Crippen LogP contribution >= 0.6 is 0 Å². The first-order valence-electron chi connectivity index (χ1n) is 4.39. The van der Waals surface area contributed by atoms with Crippen LogP contribution in [0.25, 0.3) is 0 Å². The van der Waals surface area contributed by atoms with Crippen LogP contribution in [-0.2, 0) is 9.53 Å². The Morgan fingerprint density at radius 3 is 1.79 bits per heavy atom. The summed E-state index contributed by atoms with van der Waals surface area (Å²) in [5.74, 6) is -0.833. The molecular formula is C9H22O5. The number of carbonyl (C=O) groups is 1. The highest BCUT2D eigenvalue weighted by atomic mass is 16.5. The van der Waals surface area contributed by atoms with E-state index < -0.39 is 12.1 Å². The van der Waals surface area contributed by atoms with E-state index in [2.05, 4.69) is 6.92 Å². The van der Waals surface area contributed by atoms with E-state index in [1.807, 2.05) is 0 Å². The van der Waals surface area contributed by atoms with Gasteiger partial charge >= 0.3 is 0 Å². The number of aliphatic hydroxyl groups excluding tert-OH is 2. The highest BCUT2D eigenvalue weighted by Crippen LogP contribution is 1.70. The second kappa shape index (κ2) is 18.2. The highest BCUT2D eigenvalue weighted by Gasteiger charge is 1.83. The number of rotatable bonds is 3. The van der Waals surface area contributed by atoms with Gasteiger partial charge in [0.2, 0.25) is 0 Å². The molecule has 0 heterocycles. The zero-order valence-electron chi connectivity index (χ0n) is 9.36. The Balaban J connectivity index is -0.000000131. The lowest BCUT2D eigenvalue weighted by molar-refractivity contribution is -0.134. The molecule has 0 bridgehead atoms.